The molecular weight excluding hydrogens is 152 g/mol. The second-order valence-electron chi connectivity index (χ2n) is 2.19. The van der Waals surface area contributed by atoms with Crippen molar-refractivity contribution >= 4 is 12.4 Å². The average molecular weight is 168 g/mol. The highest BCUT2D eigenvalue weighted by molar-refractivity contribution is 5.60. The van der Waals surface area contributed by atoms with Crippen molar-refractivity contribution in [3.05, 3.63) is 12.8 Å². The summed E-state index contributed by atoms with van der Waals surface area (Å²) in [5.41, 5.74) is 2.61. The molecule has 0 aliphatic rings. The molecule has 4 nitrogen and oxygen atoms in total. The van der Waals surface area contributed by atoms with E-state index in [2.05, 4.69) is 22.2 Å². The maximum Gasteiger partial charge on any atom is 0.0727 e. The highest BCUT2D eigenvalue weighted by atomic mass is 15.4. The van der Waals surface area contributed by atoms with Gasteiger partial charge in [-0.1, -0.05) is 13.5 Å². The predicted molar refractivity (Wildman–Crippen MR) is 53.2 cm³/mol. The van der Waals surface area contributed by atoms with Crippen molar-refractivity contribution in [3.8, 4) is 0 Å². The number of nitrogens with zero attached hydrogens (tertiary/aromatic N) is 3. The molecule has 0 saturated carbocycles. The molecule has 4 heteroatoms. The molecule has 1 N–H and O–H groups in total. The number of nitrogens with one attached hydrogen (secondary N) is 1. The molecule has 0 amide bonds. The van der Waals surface area contributed by atoms with Crippen LogP contribution in [0.3, 0.4) is 0 Å². The van der Waals surface area contributed by atoms with Gasteiger partial charge in [-0.2, -0.15) is 10.2 Å². The van der Waals surface area contributed by atoms with Gasteiger partial charge in [0.25, 0.3) is 0 Å². The van der Waals surface area contributed by atoms with Gasteiger partial charge in [0.2, 0.25) is 0 Å². The molecule has 0 spiro atoms. The molecule has 0 aromatic carbocycles. The Kier molecular flexibility index (Phi) is 6.93. The van der Waals surface area contributed by atoms with E-state index < -0.39 is 0 Å². The van der Waals surface area contributed by atoms with E-state index in [9.17, 15) is 0 Å². The third-order valence-electron chi connectivity index (χ3n) is 1.06. The first kappa shape index (κ1) is 10.7. The lowest BCUT2D eigenvalue weighted by atomic mass is 10.5. The lowest BCUT2D eigenvalue weighted by Crippen LogP contribution is -2.14. The zero-order valence-electron chi connectivity index (χ0n) is 7.70. The average Bonchev–Trinajstić information content (AvgIpc) is 2.09. The second kappa shape index (κ2) is 7.78. The highest BCUT2D eigenvalue weighted by Gasteiger charge is 1.84. The first-order chi connectivity index (χ1) is 5.81. The molecular formula is C8H16N4. The third-order valence-corrected chi connectivity index (χ3v) is 1.06. The Morgan fingerprint density at radius 3 is 2.83 bits per heavy atom. The maximum absolute atomic E-state index is 4.10. The fourth-order valence-corrected chi connectivity index (χ4v) is 0.533. The Labute approximate surface area is 73.6 Å². The summed E-state index contributed by atoms with van der Waals surface area (Å²) in [6.07, 6.45) is 6.06. The summed E-state index contributed by atoms with van der Waals surface area (Å²) in [6, 6.07) is 0. The Balaban J connectivity index is 3.48. The van der Waals surface area contributed by atoms with Crippen molar-refractivity contribution in [1.82, 2.24) is 10.4 Å². The molecule has 0 aromatic heterocycles. The first-order valence-corrected chi connectivity index (χ1v) is 3.92. The summed E-state index contributed by atoms with van der Waals surface area (Å²) >= 11 is 0. The SMILES string of the molecule is C=CN/N=C/CN(C)/N=C\CC. The molecule has 0 saturated heterocycles. The van der Waals surface area contributed by atoms with E-state index in [1.165, 1.54) is 6.20 Å². The molecule has 0 aromatic rings. The van der Waals surface area contributed by atoms with Gasteiger partial charge in [0, 0.05) is 25.7 Å². The topological polar surface area (TPSA) is 40.0 Å². The number of hydrazone groups is 2. The van der Waals surface area contributed by atoms with Crippen molar-refractivity contribution in [2.75, 3.05) is 13.6 Å². The molecule has 0 atom stereocenters. The van der Waals surface area contributed by atoms with Gasteiger partial charge in [-0.05, 0) is 6.42 Å². The van der Waals surface area contributed by atoms with Gasteiger partial charge in [-0.15, -0.1) is 0 Å². The van der Waals surface area contributed by atoms with Crippen LogP contribution in [0.5, 0.6) is 0 Å². The van der Waals surface area contributed by atoms with Gasteiger partial charge >= 0.3 is 0 Å². The van der Waals surface area contributed by atoms with Crippen LogP contribution in [0.25, 0.3) is 0 Å². The van der Waals surface area contributed by atoms with Crippen molar-refractivity contribution < 1.29 is 0 Å². The van der Waals surface area contributed by atoms with Crippen LogP contribution >= 0.6 is 0 Å². The number of hydrogen-bond acceptors (Lipinski definition) is 4. The van der Waals surface area contributed by atoms with Gasteiger partial charge in [0.15, 0.2) is 0 Å². The van der Waals surface area contributed by atoms with Gasteiger partial charge in [0.1, 0.15) is 0 Å². The number of rotatable bonds is 6. The zero-order valence-corrected chi connectivity index (χ0v) is 7.70. The van der Waals surface area contributed by atoms with Crippen molar-refractivity contribution in [2.24, 2.45) is 10.2 Å². The van der Waals surface area contributed by atoms with E-state index in [1.54, 1.807) is 11.2 Å². The summed E-state index contributed by atoms with van der Waals surface area (Å²) in [4.78, 5) is 0. The van der Waals surface area contributed by atoms with E-state index in [0.717, 1.165) is 6.42 Å². The molecule has 0 aliphatic carbocycles. The summed E-state index contributed by atoms with van der Waals surface area (Å²) < 4.78 is 0. The van der Waals surface area contributed by atoms with Gasteiger partial charge < -0.3 is 0 Å². The van der Waals surface area contributed by atoms with Crippen molar-refractivity contribution in [3.63, 3.8) is 0 Å². The molecule has 0 unspecified atom stereocenters. The highest BCUT2D eigenvalue weighted by Crippen LogP contribution is 1.79. The van der Waals surface area contributed by atoms with Gasteiger partial charge in [0.05, 0.1) is 6.54 Å². The minimum absolute atomic E-state index is 0.692. The van der Waals surface area contributed by atoms with Crippen LogP contribution in [0.15, 0.2) is 23.0 Å². The normalized spacial score (nSPS) is 10.8. The Morgan fingerprint density at radius 2 is 2.25 bits per heavy atom. The van der Waals surface area contributed by atoms with Gasteiger partial charge in [-0.25, -0.2) is 0 Å². The third kappa shape index (κ3) is 6.80. The Hall–Kier alpha value is -1.32. The monoisotopic (exact) mass is 168 g/mol. The summed E-state index contributed by atoms with van der Waals surface area (Å²) in [6.45, 7) is 6.20. The van der Waals surface area contributed by atoms with Crippen LogP contribution in [-0.4, -0.2) is 31.0 Å². The van der Waals surface area contributed by atoms with Crippen LogP contribution in [0.4, 0.5) is 0 Å². The summed E-state index contributed by atoms with van der Waals surface area (Å²) in [7, 11) is 1.89. The minimum atomic E-state index is 0.692. The fourth-order valence-electron chi connectivity index (χ4n) is 0.533. The largest absolute Gasteiger partial charge is 0.295 e. The lowest BCUT2D eigenvalue weighted by Gasteiger charge is -2.07. The molecule has 0 bridgehead atoms. The smallest absolute Gasteiger partial charge is 0.0727 e. The van der Waals surface area contributed by atoms with Crippen molar-refractivity contribution in [2.45, 2.75) is 13.3 Å². The molecule has 0 fully saturated rings. The van der Waals surface area contributed by atoms with Crippen molar-refractivity contribution in [1.29, 1.82) is 0 Å². The van der Waals surface area contributed by atoms with E-state index in [-0.39, 0.29) is 0 Å². The van der Waals surface area contributed by atoms with Crippen LogP contribution in [0.1, 0.15) is 13.3 Å². The van der Waals surface area contributed by atoms with E-state index in [0.29, 0.717) is 6.54 Å². The quantitative estimate of drug-likeness (QED) is 0.475. The van der Waals surface area contributed by atoms with E-state index >= 15 is 0 Å². The molecule has 12 heavy (non-hydrogen) atoms. The Bertz CT molecular complexity index is 162. The predicted octanol–water partition coefficient (Wildman–Crippen LogP) is 1.03. The standard InChI is InChI=1S/C8H16N4/c1-4-6-11-12(3)8-7-10-9-5-2/h5-7,9H,2,4,8H2,1,3H3/b10-7+,11-6-. The minimum Gasteiger partial charge on any atom is -0.295 e. The lowest BCUT2D eigenvalue weighted by molar-refractivity contribution is 0.410. The zero-order chi connectivity index (χ0) is 9.23. The molecule has 0 heterocycles. The first-order valence-electron chi connectivity index (χ1n) is 3.92. The molecule has 0 radical (unpaired) electrons. The molecule has 0 aliphatic heterocycles. The van der Waals surface area contributed by atoms with E-state index in [4.69, 9.17) is 0 Å². The molecule has 0 rings (SSSR count). The van der Waals surface area contributed by atoms with Gasteiger partial charge in [-0.3, -0.25) is 10.4 Å². The van der Waals surface area contributed by atoms with Crippen LogP contribution < -0.4 is 5.43 Å². The molecule has 68 valence electrons. The van der Waals surface area contributed by atoms with E-state index in [1.807, 2.05) is 20.2 Å². The number of hydrogen-bond donors (Lipinski definition) is 1. The fraction of sp³-hybridized carbons (Fsp3) is 0.500. The summed E-state index contributed by atoms with van der Waals surface area (Å²) in [5, 5.41) is 9.74. The Morgan fingerprint density at radius 1 is 1.50 bits per heavy atom. The summed E-state index contributed by atoms with van der Waals surface area (Å²) in [5.74, 6) is 0. The maximum atomic E-state index is 4.10. The van der Waals surface area contributed by atoms with Crippen LogP contribution in [0.2, 0.25) is 0 Å². The second-order valence-corrected chi connectivity index (χ2v) is 2.19. The van der Waals surface area contributed by atoms with Crippen LogP contribution in [0, 0.1) is 0 Å². The van der Waals surface area contributed by atoms with Crippen LogP contribution in [-0.2, 0) is 0 Å².